The van der Waals surface area contributed by atoms with Gasteiger partial charge in [0.1, 0.15) is 0 Å². The van der Waals surface area contributed by atoms with Crippen molar-refractivity contribution in [1.29, 1.82) is 0 Å². The van der Waals surface area contributed by atoms with Crippen molar-refractivity contribution in [2.24, 2.45) is 0 Å². The van der Waals surface area contributed by atoms with Crippen molar-refractivity contribution in [1.82, 2.24) is 10.3 Å². The molecule has 92 valence electrons. The molecule has 0 saturated heterocycles. The van der Waals surface area contributed by atoms with Gasteiger partial charge in [0.15, 0.2) is 0 Å². The van der Waals surface area contributed by atoms with Gasteiger partial charge in [-0.1, -0.05) is 18.2 Å². The highest BCUT2D eigenvalue weighted by molar-refractivity contribution is 7.07. The van der Waals surface area contributed by atoms with Gasteiger partial charge in [0, 0.05) is 23.6 Å². The lowest BCUT2D eigenvalue weighted by molar-refractivity contribution is 0.690. The van der Waals surface area contributed by atoms with Crippen LogP contribution in [0.15, 0.2) is 47.3 Å². The van der Waals surface area contributed by atoms with Gasteiger partial charge in [-0.2, -0.15) is 11.3 Å². The largest absolute Gasteiger partial charge is 0.361 e. The molecule has 3 heteroatoms. The summed E-state index contributed by atoms with van der Waals surface area (Å²) in [5.41, 5.74) is 3.98. The van der Waals surface area contributed by atoms with Gasteiger partial charge in [-0.15, -0.1) is 0 Å². The van der Waals surface area contributed by atoms with Crippen LogP contribution in [0.25, 0.3) is 10.9 Å². The van der Waals surface area contributed by atoms with Crippen molar-refractivity contribution >= 4 is 22.2 Å². The maximum absolute atomic E-state index is 3.50. The van der Waals surface area contributed by atoms with Crippen LogP contribution in [-0.2, 0) is 13.0 Å². The summed E-state index contributed by atoms with van der Waals surface area (Å²) in [6.45, 7) is 1.95. The summed E-state index contributed by atoms with van der Waals surface area (Å²) in [4.78, 5) is 3.30. The zero-order valence-corrected chi connectivity index (χ0v) is 11.0. The molecule has 2 nitrogen and oxygen atoms in total. The maximum atomic E-state index is 3.50. The number of benzene rings is 1. The first kappa shape index (κ1) is 11.5. The highest BCUT2D eigenvalue weighted by Crippen LogP contribution is 2.17. The normalized spacial score (nSPS) is 11.1. The number of nitrogens with one attached hydrogen (secondary N) is 2. The number of fused-ring (bicyclic) bond motifs is 1. The van der Waals surface area contributed by atoms with Crippen molar-refractivity contribution in [3.8, 4) is 0 Å². The molecule has 0 amide bonds. The predicted octanol–water partition coefficient (Wildman–Crippen LogP) is 3.56. The Morgan fingerprint density at radius 3 is 3.00 bits per heavy atom. The van der Waals surface area contributed by atoms with Crippen LogP contribution in [-0.4, -0.2) is 11.5 Å². The smallest absolute Gasteiger partial charge is 0.0457 e. The quantitative estimate of drug-likeness (QED) is 0.671. The van der Waals surface area contributed by atoms with Gasteiger partial charge in [-0.25, -0.2) is 0 Å². The number of hydrogen-bond donors (Lipinski definition) is 2. The molecule has 0 aliphatic heterocycles. The van der Waals surface area contributed by atoms with Crippen LogP contribution >= 0.6 is 11.3 Å². The van der Waals surface area contributed by atoms with Crippen LogP contribution in [0.1, 0.15) is 11.1 Å². The molecular formula is C15H16N2S. The Hall–Kier alpha value is -1.58. The minimum atomic E-state index is 0.925. The summed E-state index contributed by atoms with van der Waals surface area (Å²) >= 11 is 1.76. The highest BCUT2D eigenvalue weighted by Gasteiger charge is 2.01. The molecule has 2 heterocycles. The fourth-order valence-corrected chi connectivity index (χ4v) is 2.87. The van der Waals surface area contributed by atoms with Gasteiger partial charge in [-0.05, 0) is 47.0 Å². The van der Waals surface area contributed by atoms with E-state index in [4.69, 9.17) is 0 Å². The SMILES string of the molecule is c1ccc2c(CNCCc3ccsc3)c[nH]c2c1. The van der Waals surface area contributed by atoms with E-state index in [0.717, 1.165) is 19.5 Å². The van der Waals surface area contributed by atoms with Crippen LogP contribution in [0.5, 0.6) is 0 Å². The lowest BCUT2D eigenvalue weighted by atomic mass is 10.2. The van der Waals surface area contributed by atoms with E-state index in [1.54, 1.807) is 11.3 Å². The summed E-state index contributed by atoms with van der Waals surface area (Å²) in [6.07, 6.45) is 3.20. The predicted molar refractivity (Wildman–Crippen MR) is 78.0 cm³/mol. The minimum absolute atomic E-state index is 0.925. The average Bonchev–Trinajstić information content (AvgIpc) is 3.04. The van der Waals surface area contributed by atoms with Crippen LogP contribution in [0.2, 0.25) is 0 Å². The van der Waals surface area contributed by atoms with Crippen LogP contribution in [0, 0.1) is 0 Å². The first-order chi connectivity index (χ1) is 8.93. The molecule has 0 aliphatic carbocycles. The summed E-state index contributed by atoms with van der Waals surface area (Å²) < 4.78 is 0. The second kappa shape index (κ2) is 5.38. The monoisotopic (exact) mass is 256 g/mol. The van der Waals surface area contributed by atoms with E-state index in [1.165, 1.54) is 22.0 Å². The van der Waals surface area contributed by atoms with Gasteiger partial charge in [-0.3, -0.25) is 0 Å². The first-order valence-corrected chi connectivity index (χ1v) is 7.14. The molecule has 0 bridgehead atoms. The Kier molecular flexibility index (Phi) is 3.44. The van der Waals surface area contributed by atoms with Gasteiger partial charge in [0.05, 0.1) is 0 Å². The third-order valence-electron chi connectivity index (χ3n) is 3.16. The molecule has 0 unspecified atom stereocenters. The fourth-order valence-electron chi connectivity index (χ4n) is 2.17. The second-order valence-electron chi connectivity index (χ2n) is 4.42. The van der Waals surface area contributed by atoms with Crippen LogP contribution in [0.4, 0.5) is 0 Å². The first-order valence-electron chi connectivity index (χ1n) is 6.20. The number of aromatic amines is 1. The van der Waals surface area contributed by atoms with Crippen molar-refractivity contribution in [3.05, 3.63) is 58.4 Å². The Morgan fingerprint density at radius 2 is 2.11 bits per heavy atom. The molecule has 0 radical (unpaired) electrons. The molecule has 0 aliphatic rings. The fraction of sp³-hybridized carbons (Fsp3) is 0.200. The van der Waals surface area contributed by atoms with E-state index in [1.807, 2.05) is 0 Å². The molecule has 3 rings (SSSR count). The Labute approximate surface area is 111 Å². The molecular weight excluding hydrogens is 240 g/mol. The molecule has 0 saturated carbocycles. The van der Waals surface area contributed by atoms with E-state index >= 15 is 0 Å². The van der Waals surface area contributed by atoms with Crippen molar-refractivity contribution in [3.63, 3.8) is 0 Å². The van der Waals surface area contributed by atoms with E-state index in [0.29, 0.717) is 0 Å². The lowest BCUT2D eigenvalue weighted by Gasteiger charge is -2.02. The zero-order valence-electron chi connectivity index (χ0n) is 10.1. The molecule has 18 heavy (non-hydrogen) atoms. The standard InChI is InChI=1S/C15H16N2S/c1-2-4-15-14(3-1)13(10-17-15)9-16-7-5-12-6-8-18-11-12/h1-4,6,8,10-11,16-17H,5,7,9H2. The Bertz CT molecular complexity index is 610. The van der Waals surface area contributed by atoms with E-state index in [2.05, 4.69) is 57.6 Å². The van der Waals surface area contributed by atoms with Gasteiger partial charge in [0.25, 0.3) is 0 Å². The second-order valence-corrected chi connectivity index (χ2v) is 5.20. The summed E-state index contributed by atoms with van der Waals surface area (Å²) in [5, 5.41) is 9.17. The molecule has 0 atom stereocenters. The number of hydrogen-bond acceptors (Lipinski definition) is 2. The molecule has 1 aromatic carbocycles. The molecule has 0 spiro atoms. The third-order valence-corrected chi connectivity index (χ3v) is 3.89. The highest BCUT2D eigenvalue weighted by atomic mass is 32.1. The molecule has 3 aromatic rings. The van der Waals surface area contributed by atoms with E-state index < -0.39 is 0 Å². The van der Waals surface area contributed by atoms with E-state index in [-0.39, 0.29) is 0 Å². The number of aromatic nitrogens is 1. The lowest BCUT2D eigenvalue weighted by Crippen LogP contribution is -2.16. The van der Waals surface area contributed by atoms with Crippen LogP contribution < -0.4 is 5.32 Å². The van der Waals surface area contributed by atoms with Gasteiger partial charge >= 0.3 is 0 Å². The summed E-state index contributed by atoms with van der Waals surface area (Å²) in [6, 6.07) is 10.6. The number of thiophene rings is 1. The average molecular weight is 256 g/mol. The molecule has 0 fully saturated rings. The number of H-pyrrole nitrogens is 1. The summed E-state index contributed by atoms with van der Waals surface area (Å²) in [7, 11) is 0. The third kappa shape index (κ3) is 2.47. The Balaban J connectivity index is 1.57. The van der Waals surface area contributed by atoms with Gasteiger partial charge < -0.3 is 10.3 Å². The number of rotatable bonds is 5. The number of para-hydroxylation sites is 1. The van der Waals surface area contributed by atoms with Crippen molar-refractivity contribution in [2.75, 3.05) is 6.54 Å². The summed E-state index contributed by atoms with van der Waals surface area (Å²) in [5.74, 6) is 0. The minimum Gasteiger partial charge on any atom is -0.361 e. The van der Waals surface area contributed by atoms with Crippen molar-refractivity contribution < 1.29 is 0 Å². The maximum Gasteiger partial charge on any atom is 0.0457 e. The zero-order chi connectivity index (χ0) is 12.2. The molecule has 2 N–H and O–H groups in total. The Morgan fingerprint density at radius 1 is 1.17 bits per heavy atom. The van der Waals surface area contributed by atoms with Crippen LogP contribution in [0.3, 0.4) is 0 Å². The van der Waals surface area contributed by atoms with Gasteiger partial charge in [0.2, 0.25) is 0 Å². The topological polar surface area (TPSA) is 27.8 Å². The van der Waals surface area contributed by atoms with Crippen molar-refractivity contribution in [2.45, 2.75) is 13.0 Å². The molecule has 2 aromatic heterocycles. The van der Waals surface area contributed by atoms with E-state index in [9.17, 15) is 0 Å².